The number of rotatable bonds is 3. The Kier molecular flexibility index (Phi) is 3.66. The molecule has 0 spiro atoms. The van der Waals surface area contributed by atoms with Crippen LogP contribution in [0.3, 0.4) is 0 Å². The van der Waals surface area contributed by atoms with Crippen molar-refractivity contribution < 1.29 is 13.6 Å². The molecule has 0 atom stereocenters. The number of halogens is 2. The highest BCUT2D eigenvalue weighted by Gasteiger charge is 2.13. The van der Waals surface area contributed by atoms with Gasteiger partial charge in [-0.1, -0.05) is 0 Å². The van der Waals surface area contributed by atoms with Crippen LogP contribution in [0.1, 0.15) is 16.1 Å². The second-order valence-corrected chi connectivity index (χ2v) is 4.47. The van der Waals surface area contributed by atoms with Crippen molar-refractivity contribution in [2.45, 2.75) is 6.54 Å². The van der Waals surface area contributed by atoms with Crippen LogP contribution in [-0.4, -0.2) is 5.91 Å². The lowest BCUT2D eigenvalue weighted by Crippen LogP contribution is -2.23. The number of nitrogen functional groups attached to an aromatic ring is 1. The van der Waals surface area contributed by atoms with E-state index in [2.05, 4.69) is 21.2 Å². The van der Waals surface area contributed by atoms with E-state index in [9.17, 15) is 9.18 Å². The number of nitrogens with one attached hydrogen (secondary N) is 1. The highest BCUT2D eigenvalue weighted by molar-refractivity contribution is 9.10. The lowest BCUT2D eigenvalue weighted by Gasteiger charge is -2.07. The van der Waals surface area contributed by atoms with E-state index in [1.165, 1.54) is 12.3 Å². The maximum Gasteiger partial charge on any atom is 0.252 e. The largest absolute Gasteiger partial charge is 0.467 e. The zero-order valence-electron chi connectivity index (χ0n) is 9.24. The van der Waals surface area contributed by atoms with Crippen LogP contribution in [-0.2, 0) is 6.54 Å². The molecule has 1 heterocycles. The van der Waals surface area contributed by atoms with Gasteiger partial charge < -0.3 is 15.5 Å². The first-order valence-electron chi connectivity index (χ1n) is 5.13. The van der Waals surface area contributed by atoms with Crippen LogP contribution in [0.4, 0.5) is 10.1 Å². The molecule has 1 aromatic carbocycles. The molecule has 2 aromatic rings. The van der Waals surface area contributed by atoms with E-state index in [0.29, 0.717) is 10.2 Å². The molecule has 0 fully saturated rings. The summed E-state index contributed by atoms with van der Waals surface area (Å²) in [6.45, 7) is 0.259. The highest BCUT2D eigenvalue weighted by Crippen LogP contribution is 2.22. The van der Waals surface area contributed by atoms with E-state index in [-0.39, 0.29) is 23.7 Å². The van der Waals surface area contributed by atoms with Crippen molar-refractivity contribution in [3.05, 3.63) is 52.1 Å². The molecule has 18 heavy (non-hydrogen) atoms. The quantitative estimate of drug-likeness (QED) is 0.856. The van der Waals surface area contributed by atoms with Gasteiger partial charge in [0.2, 0.25) is 0 Å². The maximum atomic E-state index is 13.1. The number of anilines is 1. The van der Waals surface area contributed by atoms with Gasteiger partial charge in [-0.15, -0.1) is 0 Å². The average molecular weight is 313 g/mol. The van der Waals surface area contributed by atoms with E-state index in [0.717, 1.165) is 6.07 Å². The number of hydrogen-bond donors (Lipinski definition) is 2. The minimum Gasteiger partial charge on any atom is -0.467 e. The molecule has 4 nitrogen and oxygen atoms in total. The lowest BCUT2D eigenvalue weighted by molar-refractivity contribution is 0.0947. The van der Waals surface area contributed by atoms with E-state index in [1.807, 2.05) is 0 Å². The van der Waals surface area contributed by atoms with Crippen molar-refractivity contribution in [1.82, 2.24) is 5.32 Å². The Bertz CT molecular complexity index is 570. The third-order valence-electron chi connectivity index (χ3n) is 2.33. The Morgan fingerprint density at radius 3 is 2.94 bits per heavy atom. The van der Waals surface area contributed by atoms with Gasteiger partial charge in [0.05, 0.1) is 24.1 Å². The Balaban J connectivity index is 2.11. The maximum absolute atomic E-state index is 13.1. The molecule has 1 aromatic heterocycles. The van der Waals surface area contributed by atoms with Crippen molar-refractivity contribution in [2.24, 2.45) is 0 Å². The molecule has 1 amide bonds. The number of nitrogens with two attached hydrogens (primary N) is 1. The summed E-state index contributed by atoms with van der Waals surface area (Å²) in [6, 6.07) is 5.93. The molecular weight excluding hydrogens is 303 g/mol. The fraction of sp³-hybridized carbons (Fsp3) is 0.0833. The zero-order valence-corrected chi connectivity index (χ0v) is 10.8. The van der Waals surface area contributed by atoms with E-state index >= 15 is 0 Å². The van der Waals surface area contributed by atoms with Crippen LogP contribution in [0, 0.1) is 5.82 Å². The van der Waals surface area contributed by atoms with E-state index < -0.39 is 5.82 Å². The van der Waals surface area contributed by atoms with Gasteiger partial charge in [-0.25, -0.2) is 4.39 Å². The third-order valence-corrected chi connectivity index (χ3v) is 2.99. The molecule has 3 N–H and O–H groups in total. The first kappa shape index (κ1) is 12.6. The minimum absolute atomic E-state index is 0.0682. The number of carbonyl (C=O) groups excluding carboxylic acids is 1. The average Bonchev–Trinajstić information content (AvgIpc) is 2.84. The Morgan fingerprint density at radius 1 is 1.50 bits per heavy atom. The first-order chi connectivity index (χ1) is 8.58. The molecule has 0 saturated heterocycles. The van der Waals surface area contributed by atoms with Crippen LogP contribution in [0.25, 0.3) is 0 Å². The topological polar surface area (TPSA) is 68.3 Å². The van der Waals surface area contributed by atoms with Gasteiger partial charge in [-0.3, -0.25) is 4.79 Å². The molecule has 0 radical (unpaired) electrons. The second kappa shape index (κ2) is 5.22. The monoisotopic (exact) mass is 312 g/mol. The predicted molar refractivity (Wildman–Crippen MR) is 68.4 cm³/mol. The molecule has 2 rings (SSSR count). The van der Waals surface area contributed by atoms with Crippen molar-refractivity contribution in [1.29, 1.82) is 0 Å². The normalized spacial score (nSPS) is 10.3. The molecule has 0 aliphatic heterocycles. The van der Waals surface area contributed by atoms with Crippen molar-refractivity contribution in [2.75, 3.05) is 5.73 Å². The summed E-state index contributed by atoms with van der Waals surface area (Å²) in [5.74, 6) is -0.288. The summed E-state index contributed by atoms with van der Waals surface area (Å²) in [5.41, 5.74) is 5.63. The standard InChI is InChI=1S/C12H10BrFN2O2/c13-9-5-10(14)11(15)4-8(9)12(17)16-6-7-2-1-3-18-7/h1-5H,6,15H2,(H,16,17). The zero-order chi connectivity index (χ0) is 13.1. The lowest BCUT2D eigenvalue weighted by atomic mass is 10.2. The van der Waals surface area contributed by atoms with Crippen LogP contribution in [0.5, 0.6) is 0 Å². The van der Waals surface area contributed by atoms with Gasteiger partial charge in [0.1, 0.15) is 11.6 Å². The third kappa shape index (κ3) is 2.70. The highest BCUT2D eigenvalue weighted by atomic mass is 79.9. The van der Waals surface area contributed by atoms with Crippen LogP contribution < -0.4 is 11.1 Å². The van der Waals surface area contributed by atoms with Gasteiger partial charge in [0.25, 0.3) is 5.91 Å². The summed E-state index contributed by atoms with van der Waals surface area (Å²) in [6.07, 6.45) is 1.52. The second-order valence-electron chi connectivity index (χ2n) is 3.62. The molecule has 6 heteroatoms. The van der Waals surface area contributed by atoms with Gasteiger partial charge in [-0.2, -0.15) is 0 Å². The molecule has 0 aliphatic carbocycles. The number of hydrogen-bond acceptors (Lipinski definition) is 3. The number of furan rings is 1. The summed E-state index contributed by atoms with van der Waals surface area (Å²) in [7, 11) is 0. The molecule has 0 aliphatic rings. The fourth-order valence-electron chi connectivity index (χ4n) is 1.42. The van der Waals surface area contributed by atoms with Crippen molar-refractivity contribution in [3.8, 4) is 0 Å². The molecule has 94 valence electrons. The smallest absolute Gasteiger partial charge is 0.252 e. The van der Waals surface area contributed by atoms with Gasteiger partial charge in [-0.05, 0) is 40.2 Å². The van der Waals surface area contributed by atoms with Crippen molar-refractivity contribution >= 4 is 27.5 Å². The van der Waals surface area contributed by atoms with Gasteiger partial charge >= 0.3 is 0 Å². The minimum atomic E-state index is -0.565. The Hall–Kier alpha value is -1.82. The first-order valence-corrected chi connectivity index (χ1v) is 5.92. The molecular formula is C12H10BrFN2O2. The van der Waals surface area contributed by atoms with E-state index in [1.54, 1.807) is 12.1 Å². The summed E-state index contributed by atoms with van der Waals surface area (Å²) < 4.78 is 18.6. The summed E-state index contributed by atoms with van der Waals surface area (Å²) >= 11 is 3.12. The number of benzene rings is 1. The summed E-state index contributed by atoms with van der Waals surface area (Å²) in [4.78, 5) is 11.9. The Morgan fingerprint density at radius 2 is 2.28 bits per heavy atom. The van der Waals surface area contributed by atoms with E-state index in [4.69, 9.17) is 10.2 Å². The van der Waals surface area contributed by atoms with Gasteiger partial charge in [0, 0.05) is 4.47 Å². The summed E-state index contributed by atoms with van der Waals surface area (Å²) in [5, 5.41) is 2.65. The number of carbonyl (C=O) groups is 1. The van der Waals surface area contributed by atoms with Crippen LogP contribution in [0.15, 0.2) is 39.4 Å². The number of amides is 1. The molecule has 0 saturated carbocycles. The molecule has 0 bridgehead atoms. The predicted octanol–water partition coefficient (Wildman–Crippen LogP) is 2.69. The van der Waals surface area contributed by atoms with Crippen molar-refractivity contribution in [3.63, 3.8) is 0 Å². The SMILES string of the molecule is Nc1cc(C(=O)NCc2ccco2)c(Br)cc1F. The van der Waals surface area contributed by atoms with Crippen LogP contribution >= 0.6 is 15.9 Å². The fourth-order valence-corrected chi connectivity index (χ4v) is 1.91. The Labute approximate surface area is 111 Å². The molecule has 0 unspecified atom stereocenters. The van der Waals surface area contributed by atoms with Crippen LogP contribution in [0.2, 0.25) is 0 Å². The van der Waals surface area contributed by atoms with Gasteiger partial charge in [0.15, 0.2) is 0 Å².